The van der Waals surface area contributed by atoms with Gasteiger partial charge in [-0.1, -0.05) is 6.92 Å². The van der Waals surface area contributed by atoms with Crippen LogP contribution in [0.5, 0.6) is 0 Å². The van der Waals surface area contributed by atoms with Crippen LogP contribution in [0, 0.1) is 0 Å². The fraction of sp³-hybridized carbons (Fsp3) is 0.900. The van der Waals surface area contributed by atoms with E-state index in [0.29, 0.717) is 6.54 Å². The molecule has 0 saturated heterocycles. The van der Waals surface area contributed by atoms with E-state index in [4.69, 9.17) is 5.73 Å². The molecule has 0 bridgehead atoms. The summed E-state index contributed by atoms with van der Waals surface area (Å²) in [4.78, 5) is 12.2. The molecule has 0 aliphatic carbocycles. The molecule has 0 aliphatic heterocycles. The van der Waals surface area contributed by atoms with Gasteiger partial charge in [0.25, 0.3) is 0 Å². The number of nitrogens with one attached hydrogen (secondary N) is 1. The van der Waals surface area contributed by atoms with Crippen molar-refractivity contribution in [2.24, 2.45) is 5.73 Å². The van der Waals surface area contributed by atoms with Gasteiger partial charge in [0, 0.05) is 12.6 Å². The Bertz CT molecular complexity index is 245. The molecule has 0 aliphatic rings. The molecular formula is C10H20F3N3O. The third kappa shape index (κ3) is 5.36. The topological polar surface area (TPSA) is 58.4 Å². The first-order valence-corrected chi connectivity index (χ1v) is 5.53. The first-order valence-electron chi connectivity index (χ1n) is 5.53. The highest BCUT2D eigenvalue weighted by molar-refractivity contribution is 5.77. The van der Waals surface area contributed by atoms with Gasteiger partial charge in [-0.3, -0.25) is 9.69 Å². The van der Waals surface area contributed by atoms with Crippen LogP contribution >= 0.6 is 0 Å². The molecule has 7 heteroatoms. The van der Waals surface area contributed by atoms with Crippen molar-refractivity contribution in [3.05, 3.63) is 0 Å². The number of amides is 1. The predicted molar refractivity (Wildman–Crippen MR) is 59.4 cm³/mol. The summed E-state index contributed by atoms with van der Waals surface area (Å²) < 4.78 is 38.4. The monoisotopic (exact) mass is 255 g/mol. The van der Waals surface area contributed by atoms with Gasteiger partial charge in [0.15, 0.2) is 0 Å². The van der Waals surface area contributed by atoms with Crippen molar-refractivity contribution in [1.29, 1.82) is 0 Å². The minimum atomic E-state index is -4.43. The molecule has 2 unspecified atom stereocenters. The van der Waals surface area contributed by atoms with Gasteiger partial charge in [-0.15, -0.1) is 0 Å². The molecule has 0 fully saturated rings. The molecular weight excluding hydrogens is 235 g/mol. The molecule has 3 N–H and O–H groups in total. The average molecular weight is 255 g/mol. The number of carbonyl (C=O) groups excluding carboxylic acids is 1. The van der Waals surface area contributed by atoms with Gasteiger partial charge in [-0.25, -0.2) is 0 Å². The number of hydrogen-bond acceptors (Lipinski definition) is 3. The van der Waals surface area contributed by atoms with Crippen molar-refractivity contribution in [2.75, 3.05) is 20.1 Å². The fourth-order valence-electron chi connectivity index (χ4n) is 1.62. The van der Waals surface area contributed by atoms with Crippen LogP contribution < -0.4 is 11.1 Å². The maximum absolute atomic E-state index is 12.8. The quantitative estimate of drug-likeness (QED) is 0.735. The SMILES string of the molecule is CCNC(=O)CN(C)C(C(N)CC)C(F)(F)F. The Morgan fingerprint density at radius 2 is 1.94 bits per heavy atom. The van der Waals surface area contributed by atoms with Crippen molar-refractivity contribution in [3.63, 3.8) is 0 Å². The molecule has 0 aromatic heterocycles. The summed E-state index contributed by atoms with van der Waals surface area (Å²) in [5, 5.41) is 2.45. The number of carbonyl (C=O) groups is 1. The van der Waals surface area contributed by atoms with Gasteiger partial charge in [-0.2, -0.15) is 13.2 Å². The van der Waals surface area contributed by atoms with E-state index in [1.807, 2.05) is 0 Å². The number of alkyl halides is 3. The van der Waals surface area contributed by atoms with Crippen molar-refractivity contribution in [3.8, 4) is 0 Å². The van der Waals surface area contributed by atoms with Crippen LogP contribution in [0.3, 0.4) is 0 Å². The van der Waals surface area contributed by atoms with Crippen molar-refractivity contribution in [1.82, 2.24) is 10.2 Å². The number of halogens is 3. The van der Waals surface area contributed by atoms with E-state index in [0.717, 1.165) is 4.90 Å². The summed E-state index contributed by atoms with van der Waals surface area (Å²) in [5.41, 5.74) is 5.46. The van der Waals surface area contributed by atoms with E-state index < -0.39 is 24.2 Å². The highest BCUT2D eigenvalue weighted by Crippen LogP contribution is 2.26. The molecule has 1 amide bonds. The summed E-state index contributed by atoms with van der Waals surface area (Å²) >= 11 is 0. The number of nitrogens with zero attached hydrogens (tertiary/aromatic N) is 1. The summed E-state index contributed by atoms with van der Waals surface area (Å²) in [6.45, 7) is 3.37. The molecule has 2 atom stereocenters. The maximum atomic E-state index is 12.8. The van der Waals surface area contributed by atoms with Gasteiger partial charge in [0.2, 0.25) is 5.91 Å². The molecule has 0 radical (unpaired) electrons. The Balaban J connectivity index is 4.65. The lowest BCUT2D eigenvalue weighted by Gasteiger charge is -2.33. The van der Waals surface area contributed by atoms with Crippen LogP contribution in [0.15, 0.2) is 0 Å². The highest BCUT2D eigenvalue weighted by atomic mass is 19.4. The maximum Gasteiger partial charge on any atom is 0.405 e. The molecule has 0 aromatic carbocycles. The van der Waals surface area contributed by atoms with E-state index in [2.05, 4.69) is 5.32 Å². The Hall–Kier alpha value is -0.820. The molecule has 0 spiro atoms. The van der Waals surface area contributed by atoms with Crippen LogP contribution in [0.4, 0.5) is 13.2 Å². The van der Waals surface area contributed by atoms with Crippen molar-refractivity contribution in [2.45, 2.75) is 38.5 Å². The molecule has 0 aromatic rings. The lowest BCUT2D eigenvalue weighted by Crippen LogP contribution is -2.56. The molecule has 0 saturated carbocycles. The number of likely N-dealkylation sites (N-methyl/N-ethyl adjacent to an activating group) is 2. The molecule has 0 rings (SSSR count). The second-order valence-electron chi connectivity index (χ2n) is 3.93. The zero-order chi connectivity index (χ0) is 13.6. The summed E-state index contributed by atoms with van der Waals surface area (Å²) in [5.74, 6) is -0.437. The Kier molecular flexibility index (Phi) is 6.48. The van der Waals surface area contributed by atoms with Gasteiger partial charge < -0.3 is 11.1 Å². The van der Waals surface area contributed by atoms with E-state index in [1.54, 1.807) is 13.8 Å². The van der Waals surface area contributed by atoms with E-state index in [1.165, 1.54) is 7.05 Å². The molecule has 102 valence electrons. The number of rotatable bonds is 6. The van der Waals surface area contributed by atoms with Crippen LogP contribution in [0.1, 0.15) is 20.3 Å². The second-order valence-corrected chi connectivity index (χ2v) is 3.93. The van der Waals surface area contributed by atoms with E-state index in [-0.39, 0.29) is 13.0 Å². The normalized spacial score (nSPS) is 15.8. The lowest BCUT2D eigenvalue weighted by molar-refractivity contribution is -0.186. The molecule has 17 heavy (non-hydrogen) atoms. The second kappa shape index (κ2) is 6.80. The van der Waals surface area contributed by atoms with Crippen molar-refractivity contribution >= 4 is 5.91 Å². The zero-order valence-corrected chi connectivity index (χ0v) is 10.3. The summed E-state index contributed by atoms with van der Waals surface area (Å²) in [6, 6.07) is -2.83. The molecule has 4 nitrogen and oxygen atoms in total. The Morgan fingerprint density at radius 1 is 1.41 bits per heavy atom. The van der Waals surface area contributed by atoms with Crippen LogP contribution in [0.25, 0.3) is 0 Å². The van der Waals surface area contributed by atoms with Crippen LogP contribution in [0.2, 0.25) is 0 Å². The minimum absolute atomic E-state index is 0.198. The van der Waals surface area contributed by atoms with Gasteiger partial charge in [-0.05, 0) is 20.4 Å². The first kappa shape index (κ1) is 16.2. The average Bonchev–Trinajstić information content (AvgIpc) is 2.15. The standard InChI is InChI=1S/C10H20F3N3O/c1-4-7(14)9(10(11,12)13)16(3)6-8(17)15-5-2/h7,9H,4-6,14H2,1-3H3,(H,15,17). The zero-order valence-electron chi connectivity index (χ0n) is 10.3. The highest BCUT2D eigenvalue weighted by Gasteiger charge is 2.45. The Morgan fingerprint density at radius 3 is 2.29 bits per heavy atom. The lowest BCUT2D eigenvalue weighted by atomic mass is 10.0. The summed E-state index contributed by atoms with van der Waals surface area (Å²) in [6.07, 6.45) is -4.24. The van der Waals surface area contributed by atoms with E-state index >= 15 is 0 Å². The largest absolute Gasteiger partial charge is 0.405 e. The van der Waals surface area contributed by atoms with Crippen LogP contribution in [-0.2, 0) is 4.79 Å². The third-order valence-electron chi connectivity index (χ3n) is 2.45. The van der Waals surface area contributed by atoms with Gasteiger partial charge in [0.05, 0.1) is 6.54 Å². The van der Waals surface area contributed by atoms with Crippen LogP contribution in [-0.4, -0.2) is 49.2 Å². The molecule has 0 heterocycles. The van der Waals surface area contributed by atoms with E-state index in [9.17, 15) is 18.0 Å². The first-order chi connectivity index (χ1) is 7.73. The number of nitrogens with two attached hydrogens (primary N) is 1. The van der Waals surface area contributed by atoms with Gasteiger partial charge in [0.1, 0.15) is 6.04 Å². The smallest absolute Gasteiger partial charge is 0.355 e. The fourth-order valence-corrected chi connectivity index (χ4v) is 1.62. The Labute approximate surface area is 99.3 Å². The van der Waals surface area contributed by atoms with Crippen molar-refractivity contribution < 1.29 is 18.0 Å². The minimum Gasteiger partial charge on any atom is -0.355 e. The third-order valence-corrected chi connectivity index (χ3v) is 2.45. The summed E-state index contributed by atoms with van der Waals surface area (Å²) in [7, 11) is 1.25. The van der Waals surface area contributed by atoms with Gasteiger partial charge >= 0.3 is 6.18 Å². The predicted octanol–water partition coefficient (Wildman–Crippen LogP) is 0.722. The number of hydrogen-bond donors (Lipinski definition) is 2.